The van der Waals surface area contributed by atoms with Gasteiger partial charge in [0.15, 0.2) is 11.5 Å². The first kappa shape index (κ1) is 17.4. The van der Waals surface area contributed by atoms with Gasteiger partial charge in [0.2, 0.25) is 0 Å². The van der Waals surface area contributed by atoms with Crippen LogP contribution in [-0.2, 0) is 6.54 Å². The quantitative estimate of drug-likeness (QED) is 0.537. The molecule has 0 radical (unpaired) electrons. The van der Waals surface area contributed by atoms with Crippen LogP contribution in [0.15, 0.2) is 79.0 Å². The number of aromatic nitrogens is 4. The van der Waals surface area contributed by atoms with Crippen LogP contribution in [0.1, 0.15) is 11.3 Å². The van der Waals surface area contributed by atoms with Crippen molar-refractivity contribution in [2.24, 2.45) is 0 Å². The van der Waals surface area contributed by atoms with Gasteiger partial charge in [-0.25, -0.2) is 4.68 Å². The zero-order chi connectivity index (χ0) is 19.3. The number of rotatable bonds is 5. The Morgan fingerprint density at radius 2 is 1.64 bits per heavy atom. The van der Waals surface area contributed by atoms with E-state index in [2.05, 4.69) is 22.3 Å². The Labute approximate surface area is 163 Å². The lowest BCUT2D eigenvalue weighted by Crippen LogP contribution is -2.18. The molecule has 0 fully saturated rings. The Bertz CT molecular complexity index is 1100. The molecule has 0 unspecified atom stereocenters. The van der Waals surface area contributed by atoms with Crippen molar-refractivity contribution in [3.8, 4) is 23.0 Å². The molecule has 4 rings (SSSR count). The molecule has 0 bridgehead atoms. The zero-order valence-electron chi connectivity index (χ0n) is 15.4. The normalized spacial score (nSPS) is 10.4. The monoisotopic (exact) mass is 366 g/mol. The molecule has 6 heteroatoms. The summed E-state index contributed by atoms with van der Waals surface area (Å²) in [4.78, 5) is 1.99. The van der Waals surface area contributed by atoms with E-state index in [9.17, 15) is 0 Å². The lowest BCUT2D eigenvalue weighted by atomic mass is 10.1. The summed E-state index contributed by atoms with van der Waals surface area (Å²) in [5, 5.41) is 21.8. The van der Waals surface area contributed by atoms with Crippen molar-refractivity contribution < 1.29 is 0 Å². The fourth-order valence-corrected chi connectivity index (χ4v) is 3.00. The van der Waals surface area contributed by atoms with Crippen molar-refractivity contribution >= 4 is 5.82 Å². The fraction of sp³-hybridized carbons (Fsp3) is 0.0909. The van der Waals surface area contributed by atoms with Crippen molar-refractivity contribution in [2.75, 3.05) is 11.9 Å². The van der Waals surface area contributed by atoms with Crippen LogP contribution in [0.25, 0.3) is 16.9 Å². The van der Waals surface area contributed by atoms with Crippen molar-refractivity contribution in [3.05, 3.63) is 90.3 Å². The molecule has 0 aliphatic carbocycles. The van der Waals surface area contributed by atoms with Gasteiger partial charge in [0.1, 0.15) is 6.07 Å². The standard InChI is InChI=1S/C22H18N6/c1-27(21-13-12-19(14-23)24-25-21)15-18-16-28(20-10-6-3-7-11-20)26-22(18)17-8-4-2-5-9-17/h2-13,16H,15H2,1H3. The summed E-state index contributed by atoms with van der Waals surface area (Å²) < 4.78 is 1.90. The van der Waals surface area contributed by atoms with Gasteiger partial charge < -0.3 is 4.90 Å². The average molecular weight is 366 g/mol. The highest BCUT2D eigenvalue weighted by Crippen LogP contribution is 2.25. The predicted molar refractivity (Wildman–Crippen MR) is 108 cm³/mol. The summed E-state index contributed by atoms with van der Waals surface area (Å²) in [5.74, 6) is 0.700. The number of benzene rings is 2. The average Bonchev–Trinajstić information content (AvgIpc) is 3.19. The molecule has 2 aromatic carbocycles. The molecule has 0 saturated carbocycles. The number of anilines is 1. The molecule has 0 atom stereocenters. The Balaban J connectivity index is 1.70. The molecule has 0 aliphatic heterocycles. The third-order valence-electron chi connectivity index (χ3n) is 4.42. The first-order chi connectivity index (χ1) is 13.7. The highest BCUT2D eigenvalue weighted by atomic mass is 15.3. The van der Waals surface area contributed by atoms with Crippen LogP contribution >= 0.6 is 0 Å². The van der Waals surface area contributed by atoms with E-state index in [0.29, 0.717) is 18.1 Å². The van der Waals surface area contributed by atoms with Gasteiger partial charge in [0.25, 0.3) is 0 Å². The van der Waals surface area contributed by atoms with Gasteiger partial charge in [-0.1, -0.05) is 48.5 Å². The summed E-state index contributed by atoms with van der Waals surface area (Å²) in [5.41, 5.74) is 4.37. The maximum atomic E-state index is 8.90. The van der Waals surface area contributed by atoms with E-state index >= 15 is 0 Å². The van der Waals surface area contributed by atoms with E-state index in [1.54, 1.807) is 12.1 Å². The van der Waals surface area contributed by atoms with Gasteiger partial charge in [-0.15, -0.1) is 10.2 Å². The highest BCUT2D eigenvalue weighted by molar-refractivity contribution is 5.64. The van der Waals surface area contributed by atoms with Crippen LogP contribution < -0.4 is 4.90 Å². The third kappa shape index (κ3) is 3.60. The summed E-state index contributed by atoms with van der Waals surface area (Å²) in [6, 6.07) is 25.6. The lowest BCUT2D eigenvalue weighted by Gasteiger charge is -2.17. The van der Waals surface area contributed by atoms with Gasteiger partial charge in [0, 0.05) is 30.9 Å². The van der Waals surface area contributed by atoms with Crippen molar-refractivity contribution in [1.82, 2.24) is 20.0 Å². The van der Waals surface area contributed by atoms with Crippen molar-refractivity contribution in [3.63, 3.8) is 0 Å². The number of hydrogen-bond acceptors (Lipinski definition) is 5. The SMILES string of the molecule is CN(Cc1cn(-c2ccccc2)nc1-c1ccccc1)c1ccc(C#N)nn1. The molecule has 6 nitrogen and oxygen atoms in total. The molecule has 0 spiro atoms. The van der Waals surface area contributed by atoms with Crippen LogP contribution in [0.5, 0.6) is 0 Å². The number of para-hydroxylation sites is 1. The van der Waals surface area contributed by atoms with E-state index in [-0.39, 0.29) is 0 Å². The van der Waals surface area contributed by atoms with Crippen LogP contribution in [0.2, 0.25) is 0 Å². The molecule has 2 heterocycles. The maximum Gasteiger partial charge on any atom is 0.163 e. The molecule has 4 aromatic rings. The molecule has 2 aromatic heterocycles. The fourth-order valence-electron chi connectivity index (χ4n) is 3.00. The van der Waals surface area contributed by atoms with Gasteiger partial charge >= 0.3 is 0 Å². The second kappa shape index (κ2) is 7.72. The Hall–Kier alpha value is -3.98. The topological polar surface area (TPSA) is 70.6 Å². The smallest absolute Gasteiger partial charge is 0.163 e. The van der Waals surface area contributed by atoms with E-state index < -0.39 is 0 Å². The molecule has 0 saturated heterocycles. The Morgan fingerprint density at radius 1 is 0.929 bits per heavy atom. The molecule has 0 aliphatic rings. The second-order valence-electron chi connectivity index (χ2n) is 6.39. The summed E-state index contributed by atoms with van der Waals surface area (Å²) in [6.07, 6.45) is 2.05. The summed E-state index contributed by atoms with van der Waals surface area (Å²) in [7, 11) is 1.95. The molecular weight excluding hydrogens is 348 g/mol. The lowest BCUT2D eigenvalue weighted by molar-refractivity contribution is 0.858. The Kier molecular flexibility index (Phi) is 4.81. The van der Waals surface area contributed by atoms with E-state index in [1.807, 2.05) is 77.4 Å². The summed E-state index contributed by atoms with van der Waals surface area (Å²) in [6.45, 7) is 0.609. The molecular formula is C22H18N6. The van der Waals surface area contributed by atoms with Crippen LogP contribution in [0.3, 0.4) is 0 Å². The van der Waals surface area contributed by atoms with Gasteiger partial charge in [-0.05, 0) is 24.3 Å². The van der Waals surface area contributed by atoms with Crippen LogP contribution in [0, 0.1) is 11.3 Å². The molecule has 136 valence electrons. The minimum absolute atomic E-state index is 0.305. The third-order valence-corrected chi connectivity index (χ3v) is 4.42. The summed E-state index contributed by atoms with van der Waals surface area (Å²) >= 11 is 0. The molecule has 0 N–H and O–H groups in total. The minimum atomic E-state index is 0.305. The first-order valence-electron chi connectivity index (χ1n) is 8.89. The predicted octanol–water partition coefficient (Wildman–Crippen LogP) is 3.84. The molecule has 28 heavy (non-hydrogen) atoms. The molecule has 0 amide bonds. The van der Waals surface area contributed by atoms with E-state index in [1.165, 1.54) is 0 Å². The zero-order valence-corrected chi connectivity index (χ0v) is 15.4. The second-order valence-corrected chi connectivity index (χ2v) is 6.39. The van der Waals surface area contributed by atoms with E-state index in [0.717, 1.165) is 22.5 Å². The van der Waals surface area contributed by atoms with Crippen molar-refractivity contribution in [2.45, 2.75) is 6.54 Å². The number of hydrogen-bond donors (Lipinski definition) is 0. The largest absolute Gasteiger partial charge is 0.354 e. The van der Waals surface area contributed by atoms with Crippen LogP contribution in [0.4, 0.5) is 5.82 Å². The first-order valence-corrected chi connectivity index (χ1v) is 8.89. The minimum Gasteiger partial charge on any atom is -0.354 e. The maximum absolute atomic E-state index is 8.90. The van der Waals surface area contributed by atoms with Crippen LogP contribution in [-0.4, -0.2) is 27.0 Å². The van der Waals surface area contributed by atoms with Crippen molar-refractivity contribution in [1.29, 1.82) is 5.26 Å². The number of nitriles is 1. The van der Waals surface area contributed by atoms with Gasteiger partial charge in [-0.3, -0.25) is 0 Å². The number of nitrogens with zero attached hydrogens (tertiary/aromatic N) is 6. The van der Waals surface area contributed by atoms with E-state index in [4.69, 9.17) is 10.4 Å². The van der Waals surface area contributed by atoms with Gasteiger partial charge in [-0.2, -0.15) is 10.4 Å². The highest BCUT2D eigenvalue weighted by Gasteiger charge is 2.15. The van der Waals surface area contributed by atoms with Gasteiger partial charge in [0.05, 0.1) is 11.4 Å². The Morgan fingerprint density at radius 3 is 2.29 bits per heavy atom.